The van der Waals surface area contributed by atoms with Crippen LogP contribution in [0.1, 0.15) is 28.7 Å². The molecule has 35 heavy (non-hydrogen) atoms. The highest BCUT2D eigenvalue weighted by Crippen LogP contribution is 2.28. The van der Waals surface area contributed by atoms with E-state index >= 15 is 0 Å². The van der Waals surface area contributed by atoms with Crippen molar-refractivity contribution in [2.45, 2.75) is 38.8 Å². The highest BCUT2D eigenvalue weighted by atomic mass is 16.5. The van der Waals surface area contributed by atoms with Crippen LogP contribution in [0.15, 0.2) is 72.8 Å². The van der Waals surface area contributed by atoms with Crippen molar-refractivity contribution >= 4 is 11.8 Å². The fraction of sp³-hybridized carbons (Fsp3) is 0.310. The molecular formula is C29H34N2O4. The molecule has 1 N–H and O–H groups in total. The highest BCUT2D eigenvalue weighted by Gasteiger charge is 2.29. The SMILES string of the molecule is CNC(=O)[C@@H](Cc1ccccc1)N(Cc1ccccc1C)C(=O)CCc1ccc(OC)c(OC)c1. The Kier molecular flexibility index (Phi) is 9.30. The first kappa shape index (κ1) is 25.8. The predicted octanol–water partition coefficient (Wildman–Crippen LogP) is 4.33. The summed E-state index contributed by atoms with van der Waals surface area (Å²) >= 11 is 0. The number of aryl methyl sites for hydroxylation is 2. The van der Waals surface area contributed by atoms with Gasteiger partial charge in [-0.2, -0.15) is 0 Å². The fourth-order valence-electron chi connectivity index (χ4n) is 4.12. The molecule has 0 bridgehead atoms. The summed E-state index contributed by atoms with van der Waals surface area (Å²) in [7, 11) is 4.80. The molecule has 1 atom stereocenters. The Morgan fingerprint density at radius 1 is 0.886 bits per heavy atom. The zero-order valence-electron chi connectivity index (χ0n) is 20.9. The average molecular weight is 475 g/mol. The Balaban J connectivity index is 1.88. The van der Waals surface area contributed by atoms with Gasteiger partial charge in [0.25, 0.3) is 0 Å². The highest BCUT2D eigenvalue weighted by molar-refractivity contribution is 5.88. The maximum absolute atomic E-state index is 13.7. The molecule has 3 aromatic rings. The van der Waals surface area contributed by atoms with Crippen molar-refractivity contribution in [1.29, 1.82) is 0 Å². The Labute approximate surface area is 207 Å². The van der Waals surface area contributed by atoms with Gasteiger partial charge < -0.3 is 19.7 Å². The number of amides is 2. The van der Waals surface area contributed by atoms with E-state index in [1.807, 2.05) is 79.7 Å². The third-order valence-electron chi connectivity index (χ3n) is 6.19. The van der Waals surface area contributed by atoms with Crippen LogP contribution < -0.4 is 14.8 Å². The minimum atomic E-state index is -0.625. The van der Waals surface area contributed by atoms with Gasteiger partial charge in [0.15, 0.2) is 11.5 Å². The summed E-state index contributed by atoms with van der Waals surface area (Å²) in [5.74, 6) is 1.02. The van der Waals surface area contributed by atoms with Gasteiger partial charge in [-0.05, 0) is 47.7 Å². The number of nitrogens with zero attached hydrogens (tertiary/aromatic N) is 1. The molecule has 6 nitrogen and oxygen atoms in total. The van der Waals surface area contributed by atoms with Crippen molar-refractivity contribution in [3.63, 3.8) is 0 Å². The quantitative estimate of drug-likeness (QED) is 0.449. The van der Waals surface area contributed by atoms with E-state index in [4.69, 9.17) is 9.47 Å². The molecule has 0 saturated heterocycles. The molecular weight excluding hydrogens is 440 g/mol. The number of carbonyl (C=O) groups is 2. The van der Waals surface area contributed by atoms with Crippen LogP contribution in [0, 0.1) is 6.92 Å². The van der Waals surface area contributed by atoms with Gasteiger partial charge in [-0.3, -0.25) is 9.59 Å². The number of nitrogens with one attached hydrogen (secondary N) is 1. The molecule has 0 fully saturated rings. The van der Waals surface area contributed by atoms with Gasteiger partial charge in [0.05, 0.1) is 14.2 Å². The van der Waals surface area contributed by atoms with Crippen molar-refractivity contribution in [2.75, 3.05) is 21.3 Å². The van der Waals surface area contributed by atoms with Crippen molar-refractivity contribution in [2.24, 2.45) is 0 Å². The molecule has 2 amide bonds. The van der Waals surface area contributed by atoms with Crippen LogP contribution in [0.4, 0.5) is 0 Å². The van der Waals surface area contributed by atoms with Gasteiger partial charge in [-0.1, -0.05) is 60.7 Å². The van der Waals surface area contributed by atoms with E-state index in [0.29, 0.717) is 30.9 Å². The van der Waals surface area contributed by atoms with E-state index in [1.165, 1.54) is 0 Å². The standard InChI is InChI=1S/C29H34N2O4/c1-21-10-8-9-13-24(21)20-31(25(29(33)30-2)18-22-11-6-5-7-12-22)28(32)17-15-23-14-16-26(34-3)27(19-23)35-4/h5-14,16,19,25H,15,17-18,20H2,1-4H3,(H,30,33)/t25-/m1/s1. The predicted molar refractivity (Wildman–Crippen MR) is 138 cm³/mol. The molecule has 3 rings (SSSR count). The lowest BCUT2D eigenvalue weighted by Crippen LogP contribution is -2.49. The van der Waals surface area contributed by atoms with Crippen molar-refractivity contribution < 1.29 is 19.1 Å². The molecule has 0 spiro atoms. The van der Waals surface area contributed by atoms with Gasteiger partial charge in [-0.15, -0.1) is 0 Å². The Hall–Kier alpha value is -3.80. The van der Waals surface area contributed by atoms with E-state index in [1.54, 1.807) is 26.2 Å². The summed E-state index contributed by atoms with van der Waals surface area (Å²) in [6.07, 6.45) is 1.23. The maximum atomic E-state index is 13.7. The first-order valence-corrected chi connectivity index (χ1v) is 11.8. The van der Waals surface area contributed by atoms with E-state index in [9.17, 15) is 9.59 Å². The first-order valence-electron chi connectivity index (χ1n) is 11.8. The van der Waals surface area contributed by atoms with E-state index in [-0.39, 0.29) is 18.2 Å². The molecule has 0 aromatic heterocycles. The van der Waals surface area contributed by atoms with Gasteiger partial charge in [0.1, 0.15) is 6.04 Å². The summed E-state index contributed by atoms with van der Waals surface area (Å²) in [6, 6.07) is 22.8. The lowest BCUT2D eigenvalue weighted by atomic mass is 10.0. The number of carbonyl (C=O) groups excluding carboxylic acids is 2. The smallest absolute Gasteiger partial charge is 0.242 e. The van der Waals surface area contributed by atoms with Gasteiger partial charge in [0, 0.05) is 26.4 Å². The second kappa shape index (κ2) is 12.6. The molecule has 6 heteroatoms. The third kappa shape index (κ3) is 6.85. The molecule has 0 radical (unpaired) electrons. The lowest BCUT2D eigenvalue weighted by Gasteiger charge is -2.31. The number of hydrogen-bond acceptors (Lipinski definition) is 4. The fourth-order valence-corrected chi connectivity index (χ4v) is 4.12. The number of hydrogen-bond donors (Lipinski definition) is 1. The number of ether oxygens (including phenoxy) is 2. The van der Waals surface area contributed by atoms with Crippen molar-refractivity contribution in [3.05, 3.63) is 95.1 Å². The molecule has 0 heterocycles. The number of methoxy groups -OCH3 is 2. The Morgan fingerprint density at radius 2 is 1.57 bits per heavy atom. The summed E-state index contributed by atoms with van der Waals surface area (Å²) in [6.45, 7) is 2.38. The minimum absolute atomic E-state index is 0.0763. The van der Waals surface area contributed by atoms with Crippen molar-refractivity contribution in [3.8, 4) is 11.5 Å². The number of likely N-dealkylation sites (N-methyl/N-ethyl adjacent to an activating group) is 1. The van der Waals surface area contributed by atoms with Crippen LogP contribution in [0.2, 0.25) is 0 Å². The molecule has 0 aliphatic heterocycles. The molecule has 3 aromatic carbocycles. The van der Waals surface area contributed by atoms with Crippen LogP contribution in [0.5, 0.6) is 11.5 Å². The maximum Gasteiger partial charge on any atom is 0.242 e. The van der Waals surface area contributed by atoms with Crippen LogP contribution in [0.25, 0.3) is 0 Å². The van der Waals surface area contributed by atoms with Crippen LogP contribution in [-0.4, -0.2) is 44.0 Å². The first-order chi connectivity index (χ1) is 17.0. The van der Waals surface area contributed by atoms with E-state index in [2.05, 4.69) is 5.32 Å². The molecule has 0 aliphatic rings. The topological polar surface area (TPSA) is 67.9 Å². The molecule has 184 valence electrons. The summed E-state index contributed by atoms with van der Waals surface area (Å²) in [5.41, 5.74) is 4.07. The van der Waals surface area contributed by atoms with E-state index in [0.717, 1.165) is 22.3 Å². The Morgan fingerprint density at radius 3 is 2.23 bits per heavy atom. The largest absolute Gasteiger partial charge is 0.493 e. The zero-order chi connectivity index (χ0) is 25.2. The molecule has 0 saturated carbocycles. The molecule has 0 unspecified atom stereocenters. The second-order valence-corrected chi connectivity index (χ2v) is 8.46. The molecule has 0 aliphatic carbocycles. The van der Waals surface area contributed by atoms with Gasteiger partial charge >= 0.3 is 0 Å². The van der Waals surface area contributed by atoms with Gasteiger partial charge in [-0.25, -0.2) is 0 Å². The van der Waals surface area contributed by atoms with E-state index < -0.39 is 6.04 Å². The second-order valence-electron chi connectivity index (χ2n) is 8.46. The number of benzene rings is 3. The van der Waals surface area contributed by atoms with Crippen LogP contribution >= 0.6 is 0 Å². The van der Waals surface area contributed by atoms with Crippen molar-refractivity contribution in [1.82, 2.24) is 10.2 Å². The zero-order valence-corrected chi connectivity index (χ0v) is 20.9. The van der Waals surface area contributed by atoms with Crippen LogP contribution in [0.3, 0.4) is 0 Å². The third-order valence-corrected chi connectivity index (χ3v) is 6.19. The lowest BCUT2D eigenvalue weighted by molar-refractivity contribution is -0.141. The van der Waals surface area contributed by atoms with Crippen LogP contribution in [-0.2, 0) is 29.0 Å². The summed E-state index contributed by atoms with van der Waals surface area (Å²) in [4.78, 5) is 28.4. The summed E-state index contributed by atoms with van der Waals surface area (Å²) < 4.78 is 10.7. The summed E-state index contributed by atoms with van der Waals surface area (Å²) in [5, 5.41) is 2.76. The Bertz CT molecular complexity index is 1130. The average Bonchev–Trinajstić information content (AvgIpc) is 2.90. The number of rotatable bonds is 11. The van der Waals surface area contributed by atoms with Gasteiger partial charge in [0.2, 0.25) is 11.8 Å². The normalized spacial score (nSPS) is 11.4. The minimum Gasteiger partial charge on any atom is -0.493 e. The monoisotopic (exact) mass is 474 g/mol.